The highest BCUT2D eigenvalue weighted by molar-refractivity contribution is 8.01. The highest BCUT2D eigenvalue weighted by Crippen LogP contribution is 2.45. The Morgan fingerprint density at radius 2 is 2.04 bits per heavy atom. The van der Waals surface area contributed by atoms with Crippen molar-refractivity contribution >= 4 is 23.6 Å². The molecule has 0 bridgehead atoms. The van der Waals surface area contributed by atoms with Crippen molar-refractivity contribution in [3.63, 3.8) is 0 Å². The van der Waals surface area contributed by atoms with Crippen LogP contribution in [0.4, 0.5) is 0 Å². The molecule has 3 rings (SSSR count). The van der Waals surface area contributed by atoms with Crippen LogP contribution >= 0.6 is 11.8 Å². The first-order chi connectivity index (χ1) is 13.0. The summed E-state index contributed by atoms with van der Waals surface area (Å²) in [6.45, 7) is 5.36. The number of amides is 2. The summed E-state index contributed by atoms with van der Waals surface area (Å²) in [5.41, 5.74) is 2.40. The number of nitrogens with zero attached hydrogens (tertiary/aromatic N) is 2. The Bertz CT molecular complexity index is 790. The summed E-state index contributed by atoms with van der Waals surface area (Å²) < 4.78 is 5.17. The van der Waals surface area contributed by atoms with Crippen molar-refractivity contribution in [1.82, 2.24) is 9.80 Å². The molecule has 1 aliphatic rings. The number of aryl methyl sites for hydroxylation is 1. The third kappa shape index (κ3) is 4.21. The quantitative estimate of drug-likeness (QED) is 0.719. The average Bonchev–Trinajstić information content (AvgIpc) is 3.30. The highest BCUT2D eigenvalue weighted by Gasteiger charge is 2.40. The molecule has 27 heavy (non-hydrogen) atoms. The van der Waals surface area contributed by atoms with Gasteiger partial charge < -0.3 is 14.2 Å². The van der Waals surface area contributed by atoms with E-state index < -0.39 is 0 Å². The highest BCUT2D eigenvalue weighted by atomic mass is 32.2. The van der Waals surface area contributed by atoms with Crippen molar-refractivity contribution in [3.05, 3.63) is 59.5 Å². The molecular weight excluding hydrogens is 360 g/mol. The van der Waals surface area contributed by atoms with Crippen LogP contribution in [0.5, 0.6) is 0 Å². The van der Waals surface area contributed by atoms with E-state index in [-0.39, 0.29) is 22.4 Å². The molecule has 1 aromatic carbocycles. The lowest BCUT2D eigenvalue weighted by Crippen LogP contribution is -2.35. The molecule has 0 unspecified atom stereocenters. The molecule has 0 radical (unpaired) electrons. The van der Waals surface area contributed by atoms with Gasteiger partial charge in [-0.3, -0.25) is 9.59 Å². The smallest absolute Gasteiger partial charge is 0.289 e. The number of furan rings is 1. The number of rotatable bonds is 7. The van der Waals surface area contributed by atoms with E-state index in [1.807, 2.05) is 17.0 Å². The topological polar surface area (TPSA) is 53.8 Å². The third-order valence-corrected chi connectivity index (χ3v) is 6.56. The maximum absolute atomic E-state index is 12.8. The standard InChI is InChI=1S/C21H26N2O3S/c1-4-18-20(25)23(21(27-18)16-10-6-5-9-15(16)2)13-8-12-22(3)19(24)17-11-7-14-26-17/h5-7,9-11,14,18,21H,4,8,12-13H2,1-3H3/t18-,21+/m0/s1. The summed E-state index contributed by atoms with van der Waals surface area (Å²) in [5, 5.41) is 0.0619. The molecule has 144 valence electrons. The number of benzene rings is 1. The molecule has 2 aromatic rings. The molecule has 0 spiro atoms. The first-order valence-corrected chi connectivity index (χ1v) is 10.3. The van der Waals surface area contributed by atoms with Gasteiger partial charge in [0.2, 0.25) is 5.91 Å². The van der Waals surface area contributed by atoms with E-state index in [4.69, 9.17) is 4.42 Å². The van der Waals surface area contributed by atoms with E-state index in [0.29, 0.717) is 18.8 Å². The second kappa shape index (κ2) is 8.65. The summed E-state index contributed by atoms with van der Waals surface area (Å²) in [5.74, 6) is 0.411. The number of hydrogen-bond donors (Lipinski definition) is 0. The lowest BCUT2D eigenvalue weighted by atomic mass is 10.1. The molecule has 1 saturated heterocycles. The van der Waals surface area contributed by atoms with Crippen LogP contribution < -0.4 is 0 Å². The van der Waals surface area contributed by atoms with E-state index >= 15 is 0 Å². The Hall–Kier alpha value is -2.21. The zero-order valence-corrected chi connectivity index (χ0v) is 16.9. The Kier molecular flexibility index (Phi) is 6.26. The molecular formula is C21H26N2O3S. The van der Waals surface area contributed by atoms with Crippen LogP contribution in [0.2, 0.25) is 0 Å². The summed E-state index contributed by atoms with van der Waals surface area (Å²) in [6, 6.07) is 11.6. The second-order valence-electron chi connectivity index (χ2n) is 6.83. The van der Waals surface area contributed by atoms with Crippen LogP contribution in [-0.4, -0.2) is 47.0 Å². The van der Waals surface area contributed by atoms with Gasteiger partial charge in [0, 0.05) is 20.1 Å². The molecule has 5 nitrogen and oxygen atoms in total. The van der Waals surface area contributed by atoms with Crippen LogP contribution in [0.1, 0.15) is 46.8 Å². The van der Waals surface area contributed by atoms with E-state index in [1.165, 1.54) is 17.4 Å². The molecule has 6 heteroatoms. The summed E-state index contributed by atoms with van der Waals surface area (Å²) in [6.07, 6.45) is 3.06. The molecule has 1 aliphatic heterocycles. The zero-order chi connectivity index (χ0) is 19.4. The summed E-state index contributed by atoms with van der Waals surface area (Å²) in [4.78, 5) is 28.7. The maximum atomic E-state index is 12.8. The SMILES string of the molecule is CC[C@@H]1S[C@H](c2ccccc2C)N(CCCN(C)C(=O)c2ccco2)C1=O. The molecule has 0 N–H and O–H groups in total. The van der Waals surface area contributed by atoms with Crippen LogP contribution in [0.25, 0.3) is 0 Å². The van der Waals surface area contributed by atoms with Crippen molar-refractivity contribution in [3.8, 4) is 0 Å². The van der Waals surface area contributed by atoms with Crippen LogP contribution in [-0.2, 0) is 4.79 Å². The number of carbonyl (C=O) groups is 2. The van der Waals surface area contributed by atoms with E-state index in [1.54, 1.807) is 35.8 Å². The van der Waals surface area contributed by atoms with Gasteiger partial charge in [-0.25, -0.2) is 0 Å². The van der Waals surface area contributed by atoms with Crippen molar-refractivity contribution in [2.45, 2.75) is 37.3 Å². The molecule has 0 aliphatic carbocycles. The van der Waals surface area contributed by atoms with Gasteiger partial charge in [-0.1, -0.05) is 31.2 Å². The average molecular weight is 387 g/mol. The fourth-order valence-electron chi connectivity index (χ4n) is 3.36. The van der Waals surface area contributed by atoms with Crippen molar-refractivity contribution in [2.24, 2.45) is 0 Å². The Morgan fingerprint density at radius 1 is 1.26 bits per heavy atom. The van der Waals surface area contributed by atoms with Gasteiger partial charge in [0.1, 0.15) is 5.37 Å². The molecule has 2 heterocycles. The van der Waals surface area contributed by atoms with E-state index in [2.05, 4.69) is 26.0 Å². The van der Waals surface area contributed by atoms with E-state index in [0.717, 1.165) is 12.8 Å². The van der Waals surface area contributed by atoms with Crippen LogP contribution in [0.3, 0.4) is 0 Å². The molecule has 2 atom stereocenters. The Labute approximate surface area is 164 Å². The van der Waals surface area contributed by atoms with Crippen molar-refractivity contribution < 1.29 is 14.0 Å². The maximum Gasteiger partial charge on any atom is 0.289 e. The van der Waals surface area contributed by atoms with Crippen molar-refractivity contribution in [1.29, 1.82) is 0 Å². The lowest BCUT2D eigenvalue weighted by Gasteiger charge is -2.26. The lowest BCUT2D eigenvalue weighted by molar-refractivity contribution is -0.130. The number of carbonyl (C=O) groups excluding carboxylic acids is 2. The van der Waals surface area contributed by atoms with Gasteiger partial charge in [-0.15, -0.1) is 11.8 Å². The minimum atomic E-state index is -0.135. The summed E-state index contributed by atoms with van der Waals surface area (Å²) >= 11 is 1.74. The first-order valence-electron chi connectivity index (χ1n) is 9.33. The number of thioether (sulfide) groups is 1. The Morgan fingerprint density at radius 3 is 2.70 bits per heavy atom. The van der Waals surface area contributed by atoms with Gasteiger partial charge in [-0.05, 0) is 43.0 Å². The largest absolute Gasteiger partial charge is 0.459 e. The predicted molar refractivity (Wildman–Crippen MR) is 108 cm³/mol. The molecule has 1 fully saturated rings. The van der Waals surface area contributed by atoms with Crippen LogP contribution in [0.15, 0.2) is 47.1 Å². The normalized spacial score (nSPS) is 19.5. The van der Waals surface area contributed by atoms with Gasteiger partial charge >= 0.3 is 0 Å². The molecule has 1 aromatic heterocycles. The minimum Gasteiger partial charge on any atom is -0.459 e. The van der Waals surface area contributed by atoms with Gasteiger partial charge in [0.05, 0.1) is 11.5 Å². The van der Waals surface area contributed by atoms with Crippen molar-refractivity contribution in [2.75, 3.05) is 20.1 Å². The fraction of sp³-hybridized carbons (Fsp3) is 0.429. The molecule has 0 saturated carbocycles. The fourth-order valence-corrected chi connectivity index (χ4v) is 4.88. The van der Waals surface area contributed by atoms with Gasteiger partial charge in [0.25, 0.3) is 5.91 Å². The monoisotopic (exact) mass is 386 g/mol. The summed E-state index contributed by atoms with van der Waals surface area (Å²) in [7, 11) is 1.76. The number of hydrogen-bond acceptors (Lipinski definition) is 4. The second-order valence-corrected chi connectivity index (χ2v) is 8.12. The van der Waals surface area contributed by atoms with Crippen LogP contribution in [0, 0.1) is 6.92 Å². The van der Waals surface area contributed by atoms with Gasteiger partial charge in [0.15, 0.2) is 5.76 Å². The first kappa shape index (κ1) is 19.5. The molecule has 2 amide bonds. The predicted octanol–water partition coefficient (Wildman–Crippen LogP) is 4.10. The van der Waals surface area contributed by atoms with E-state index in [9.17, 15) is 9.59 Å². The zero-order valence-electron chi connectivity index (χ0n) is 16.1. The third-order valence-electron chi connectivity index (χ3n) is 4.93. The minimum absolute atomic E-state index is 0.0112. The van der Waals surface area contributed by atoms with Gasteiger partial charge in [-0.2, -0.15) is 0 Å². The Balaban J connectivity index is 1.65.